The Kier molecular flexibility index (Phi) is 4.50. The number of nitriles is 1. The molecule has 0 bridgehead atoms. The lowest BCUT2D eigenvalue weighted by Crippen LogP contribution is -2.36. The largest absolute Gasteiger partial charge is 0.493 e. The van der Waals surface area contributed by atoms with Crippen molar-refractivity contribution in [2.45, 2.75) is 12.8 Å². The van der Waals surface area contributed by atoms with E-state index in [4.69, 9.17) is 10.00 Å². The lowest BCUT2D eigenvalue weighted by Gasteiger charge is -2.33. The molecule has 3 rings (SSSR count). The zero-order chi connectivity index (χ0) is 15.2. The Morgan fingerprint density at radius 3 is 2.68 bits per heavy atom. The number of anilines is 1. The van der Waals surface area contributed by atoms with E-state index in [0.29, 0.717) is 11.6 Å². The first-order valence-electron chi connectivity index (χ1n) is 7.49. The lowest BCUT2D eigenvalue weighted by molar-refractivity contribution is 0.222. The van der Waals surface area contributed by atoms with E-state index in [1.54, 1.807) is 18.6 Å². The van der Waals surface area contributed by atoms with Gasteiger partial charge in [-0.1, -0.05) is 0 Å². The van der Waals surface area contributed by atoms with Gasteiger partial charge in [-0.2, -0.15) is 5.26 Å². The van der Waals surface area contributed by atoms with E-state index in [9.17, 15) is 0 Å². The lowest BCUT2D eigenvalue weighted by atomic mass is 9.97. The fourth-order valence-electron chi connectivity index (χ4n) is 2.73. The summed E-state index contributed by atoms with van der Waals surface area (Å²) < 4.78 is 5.81. The molecule has 1 aliphatic rings. The van der Waals surface area contributed by atoms with Gasteiger partial charge in [0.05, 0.1) is 12.3 Å². The van der Waals surface area contributed by atoms with Crippen molar-refractivity contribution in [3.8, 4) is 11.8 Å². The van der Waals surface area contributed by atoms with E-state index in [2.05, 4.69) is 20.9 Å². The molecule has 0 amide bonds. The molecular formula is C17H18N4O. The van der Waals surface area contributed by atoms with Gasteiger partial charge in [0.1, 0.15) is 11.8 Å². The fourth-order valence-corrected chi connectivity index (χ4v) is 2.73. The summed E-state index contributed by atoms with van der Waals surface area (Å²) in [6, 6.07) is 9.78. The number of hydrogen-bond acceptors (Lipinski definition) is 5. The van der Waals surface area contributed by atoms with E-state index in [1.165, 1.54) is 0 Å². The second-order valence-corrected chi connectivity index (χ2v) is 5.41. The number of pyridine rings is 2. The van der Waals surface area contributed by atoms with Gasteiger partial charge in [-0.3, -0.25) is 4.98 Å². The molecule has 1 fully saturated rings. The molecule has 5 nitrogen and oxygen atoms in total. The minimum Gasteiger partial charge on any atom is -0.493 e. The number of piperidine rings is 1. The molecule has 0 aromatic carbocycles. The highest BCUT2D eigenvalue weighted by Crippen LogP contribution is 2.25. The summed E-state index contributed by atoms with van der Waals surface area (Å²) in [4.78, 5) is 10.4. The summed E-state index contributed by atoms with van der Waals surface area (Å²) in [5.74, 6) is 1.42. The molecule has 5 heteroatoms. The van der Waals surface area contributed by atoms with Gasteiger partial charge in [-0.05, 0) is 43.0 Å². The second-order valence-electron chi connectivity index (χ2n) is 5.41. The Labute approximate surface area is 130 Å². The molecule has 0 spiro atoms. The van der Waals surface area contributed by atoms with Gasteiger partial charge in [-0.25, -0.2) is 4.98 Å². The maximum absolute atomic E-state index is 9.15. The Morgan fingerprint density at radius 1 is 1.18 bits per heavy atom. The van der Waals surface area contributed by atoms with Crippen LogP contribution >= 0.6 is 0 Å². The van der Waals surface area contributed by atoms with Gasteiger partial charge in [0, 0.05) is 31.7 Å². The minimum absolute atomic E-state index is 0.508. The molecule has 2 aromatic heterocycles. The second kappa shape index (κ2) is 6.90. The number of rotatable bonds is 4. The third-order valence-corrected chi connectivity index (χ3v) is 3.98. The molecule has 0 unspecified atom stereocenters. The molecule has 0 atom stereocenters. The van der Waals surface area contributed by atoms with Crippen LogP contribution < -0.4 is 9.64 Å². The molecule has 1 aliphatic heterocycles. The van der Waals surface area contributed by atoms with Crippen LogP contribution in [0.4, 0.5) is 5.69 Å². The highest BCUT2D eigenvalue weighted by molar-refractivity contribution is 5.55. The molecule has 0 aliphatic carbocycles. The summed E-state index contributed by atoms with van der Waals surface area (Å²) in [6.07, 6.45) is 7.26. The normalized spacial score (nSPS) is 15.3. The fraction of sp³-hybridized carbons (Fsp3) is 0.353. The number of nitrogens with zero attached hydrogens (tertiary/aromatic N) is 4. The Morgan fingerprint density at radius 2 is 1.95 bits per heavy atom. The van der Waals surface area contributed by atoms with Crippen LogP contribution in [0.15, 0.2) is 42.9 Å². The van der Waals surface area contributed by atoms with Gasteiger partial charge >= 0.3 is 0 Å². The average molecular weight is 294 g/mol. The average Bonchev–Trinajstić information content (AvgIpc) is 2.61. The molecule has 3 heterocycles. The third-order valence-electron chi connectivity index (χ3n) is 3.98. The van der Waals surface area contributed by atoms with Gasteiger partial charge < -0.3 is 9.64 Å². The van der Waals surface area contributed by atoms with Crippen molar-refractivity contribution < 1.29 is 4.74 Å². The molecule has 2 aromatic rings. The van der Waals surface area contributed by atoms with Crippen LogP contribution in [0.2, 0.25) is 0 Å². The Bertz CT molecular complexity index is 645. The highest BCUT2D eigenvalue weighted by Gasteiger charge is 2.21. The van der Waals surface area contributed by atoms with Crippen molar-refractivity contribution in [2.75, 3.05) is 24.6 Å². The van der Waals surface area contributed by atoms with Crippen molar-refractivity contribution in [1.82, 2.24) is 9.97 Å². The van der Waals surface area contributed by atoms with E-state index < -0.39 is 0 Å². The monoisotopic (exact) mass is 294 g/mol. The van der Waals surface area contributed by atoms with Crippen LogP contribution in [0.1, 0.15) is 18.5 Å². The molecule has 112 valence electrons. The molecule has 0 N–H and O–H groups in total. The first-order valence-corrected chi connectivity index (χ1v) is 7.49. The number of ether oxygens (including phenoxy) is 1. The van der Waals surface area contributed by atoms with Crippen molar-refractivity contribution in [2.24, 2.45) is 5.92 Å². The summed E-state index contributed by atoms with van der Waals surface area (Å²) in [7, 11) is 0. The highest BCUT2D eigenvalue weighted by atomic mass is 16.5. The molecular weight excluding hydrogens is 276 g/mol. The van der Waals surface area contributed by atoms with E-state index in [1.807, 2.05) is 24.3 Å². The van der Waals surface area contributed by atoms with Gasteiger partial charge in [-0.15, -0.1) is 0 Å². The maximum atomic E-state index is 9.15. The van der Waals surface area contributed by atoms with Gasteiger partial charge in [0.25, 0.3) is 0 Å². The van der Waals surface area contributed by atoms with Crippen LogP contribution in [0.3, 0.4) is 0 Å². The topological polar surface area (TPSA) is 62.0 Å². The third kappa shape index (κ3) is 3.34. The molecule has 22 heavy (non-hydrogen) atoms. The van der Waals surface area contributed by atoms with Crippen molar-refractivity contribution in [1.29, 1.82) is 5.26 Å². The van der Waals surface area contributed by atoms with Crippen molar-refractivity contribution in [3.63, 3.8) is 0 Å². The summed E-state index contributed by atoms with van der Waals surface area (Å²) >= 11 is 0. The van der Waals surface area contributed by atoms with Crippen molar-refractivity contribution in [3.05, 3.63) is 48.5 Å². The van der Waals surface area contributed by atoms with Crippen LogP contribution in [0.25, 0.3) is 0 Å². The standard InChI is InChI=1S/C17H18N4O/c18-12-16-17(2-1-7-20-16)21-10-5-14(6-11-21)13-22-15-3-8-19-9-4-15/h1-4,7-9,14H,5-6,10-11,13H2. The zero-order valence-electron chi connectivity index (χ0n) is 12.4. The first-order chi connectivity index (χ1) is 10.9. The number of aromatic nitrogens is 2. The SMILES string of the molecule is N#Cc1ncccc1N1CCC(COc2ccncc2)CC1. The van der Waals surface area contributed by atoms with Crippen molar-refractivity contribution >= 4 is 5.69 Å². The first kappa shape index (κ1) is 14.3. The molecule has 1 saturated heterocycles. The predicted molar refractivity (Wildman–Crippen MR) is 83.6 cm³/mol. The number of hydrogen-bond donors (Lipinski definition) is 0. The maximum Gasteiger partial charge on any atom is 0.163 e. The summed E-state index contributed by atoms with van der Waals surface area (Å²) in [5.41, 5.74) is 1.45. The Hall–Kier alpha value is -2.61. The van der Waals surface area contributed by atoms with Crippen LogP contribution in [0, 0.1) is 17.2 Å². The minimum atomic E-state index is 0.508. The molecule has 0 saturated carbocycles. The predicted octanol–water partition coefficient (Wildman–Crippen LogP) is 2.64. The van der Waals surface area contributed by atoms with Crippen LogP contribution in [-0.2, 0) is 0 Å². The van der Waals surface area contributed by atoms with Crippen LogP contribution in [0.5, 0.6) is 5.75 Å². The summed E-state index contributed by atoms with van der Waals surface area (Å²) in [6.45, 7) is 2.60. The van der Waals surface area contributed by atoms with Crippen LogP contribution in [-0.4, -0.2) is 29.7 Å². The van der Waals surface area contributed by atoms with E-state index in [0.717, 1.165) is 44.0 Å². The van der Waals surface area contributed by atoms with Gasteiger partial charge in [0.2, 0.25) is 0 Å². The summed E-state index contributed by atoms with van der Waals surface area (Å²) in [5, 5.41) is 9.15. The van der Waals surface area contributed by atoms with E-state index in [-0.39, 0.29) is 0 Å². The molecule has 0 radical (unpaired) electrons. The quantitative estimate of drug-likeness (QED) is 0.867. The smallest absolute Gasteiger partial charge is 0.163 e. The zero-order valence-corrected chi connectivity index (χ0v) is 12.4. The van der Waals surface area contributed by atoms with Gasteiger partial charge in [0.15, 0.2) is 5.69 Å². The Balaban J connectivity index is 1.53. The van der Waals surface area contributed by atoms with E-state index >= 15 is 0 Å².